The average molecular weight is 181 g/mol. The average Bonchev–Trinajstić information content (AvgIpc) is 2.03. The van der Waals surface area contributed by atoms with Crippen LogP contribution >= 0.6 is 0 Å². The van der Waals surface area contributed by atoms with Gasteiger partial charge < -0.3 is 4.90 Å². The lowest BCUT2D eigenvalue weighted by molar-refractivity contribution is 0.917. The molecule has 0 aliphatic carbocycles. The fourth-order valence-electron chi connectivity index (χ4n) is 0.652. The van der Waals surface area contributed by atoms with Crippen LogP contribution in [0.1, 0.15) is 0 Å². The van der Waals surface area contributed by atoms with Gasteiger partial charge in [0, 0.05) is 19.0 Å². The van der Waals surface area contributed by atoms with E-state index in [1.54, 1.807) is 14.1 Å². The molecule has 0 aromatic carbocycles. The number of nitrogens with zero attached hydrogens (tertiary/aromatic N) is 6. The van der Waals surface area contributed by atoms with Crippen LogP contribution in [0, 0.1) is 0 Å². The Morgan fingerprint density at radius 3 is 2.77 bits per heavy atom. The van der Waals surface area contributed by atoms with Crippen molar-refractivity contribution in [3.63, 3.8) is 0 Å². The summed E-state index contributed by atoms with van der Waals surface area (Å²) in [6, 6.07) is 0. The molecule has 0 aliphatic heterocycles. The van der Waals surface area contributed by atoms with Crippen molar-refractivity contribution in [2.45, 2.75) is 0 Å². The summed E-state index contributed by atoms with van der Waals surface area (Å²) in [4.78, 5) is 24.4. The van der Waals surface area contributed by atoms with Crippen molar-refractivity contribution in [3.8, 4) is 0 Å². The van der Waals surface area contributed by atoms with Gasteiger partial charge in [-0.25, -0.2) is 4.79 Å². The zero-order valence-electron chi connectivity index (χ0n) is 7.09. The largest absolute Gasteiger partial charge is 0.349 e. The van der Waals surface area contributed by atoms with E-state index < -0.39 is 5.69 Å². The SMILES string of the molecule is CN(C)c1nc(N=[N+]=[N-])[nH]c(=O)n1. The van der Waals surface area contributed by atoms with Crippen LogP contribution in [-0.2, 0) is 0 Å². The molecule has 68 valence electrons. The summed E-state index contributed by atoms with van der Waals surface area (Å²) >= 11 is 0. The van der Waals surface area contributed by atoms with Crippen molar-refractivity contribution < 1.29 is 0 Å². The van der Waals surface area contributed by atoms with Crippen molar-refractivity contribution in [1.82, 2.24) is 15.0 Å². The molecule has 0 saturated heterocycles. The van der Waals surface area contributed by atoms with Gasteiger partial charge in [0.15, 0.2) is 0 Å². The smallest absolute Gasteiger partial charge is 0.347 e. The van der Waals surface area contributed by atoms with Gasteiger partial charge in [-0.3, -0.25) is 4.98 Å². The molecule has 0 unspecified atom stereocenters. The Bertz CT molecular complexity index is 402. The Morgan fingerprint density at radius 1 is 1.54 bits per heavy atom. The molecule has 0 saturated carbocycles. The van der Waals surface area contributed by atoms with E-state index >= 15 is 0 Å². The predicted octanol–water partition coefficient (Wildman–Crippen LogP) is 0.173. The van der Waals surface area contributed by atoms with Crippen molar-refractivity contribution >= 4 is 11.9 Å². The van der Waals surface area contributed by atoms with E-state index in [-0.39, 0.29) is 11.9 Å². The number of aromatic nitrogens is 3. The maximum Gasteiger partial charge on any atom is 0.349 e. The standard InChI is InChI=1S/C5H7N7O/c1-12(2)4-7-3(10-11-6)8-5(13)9-4/h1-2H3,(H,7,8,9,13). The van der Waals surface area contributed by atoms with E-state index in [9.17, 15) is 4.79 Å². The first-order valence-corrected chi connectivity index (χ1v) is 3.34. The second-order valence-electron chi connectivity index (χ2n) is 2.36. The van der Waals surface area contributed by atoms with Gasteiger partial charge in [-0.05, 0) is 10.6 Å². The van der Waals surface area contributed by atoms with Gasteiger partial charge in [-0.15, -0.1) is 0 Å². The van der Waals surface area contributed by atoms with Crippen molar-refractivity contribution in [2.24, 2.45) is 5.11 Å². The minimum atomic E-state index is -0.596. The van der Waals surface area contributed by atoms with Crippen LogP contribution in [0.4, 0.5) is 11.9 Å². The number of anilines is 1. The molecule has 8 heteroatoms. The molecule has 0 atom stereocenters. The molecule has 0 fully saturated rings. The van der Waals surface area contributed by atoms with Crippen LogP contribution < -0.4 is 10.6 Å². The maximum atomic E-state index is 10.9. The molecule has 8 nitrogen and oxygen atoms in total. The summed E-state index contributed by atoms with van der Waals surface area (Å²) < 4.78 is 0. The minimum absolute atomic E-state index is 0.0915. The number of rotatable bonds is 2. The zero-order chi connectivity index (χ0) is 9.84. The van der Waals surface area contributed by atoms with E-state index in [0.29, 0.717) is 0 Å². The highest BCUT2D eigenvalue weighted by Gasteiger charge is 2.01. The van der Waals surface area contributed by atoms with Crippen LogP contribution in [0.3, 0.4) is 0 Å². The molecule has 1 aromatic rings. The fourth-order valence-corrected chi connectivity index (χ4v) is 0.652. The van der Waals surface area contributed by atoms with E-state index in [2.05, 4.69) is 25.0 Å². The third-order valence-corrected chi connectivity index (χ3v) is 1.17. The van der Waals surface area contributed by atoms with E-state index in [0.717, 1.165) is 0 Å². The molecule has 1 rings (SSSR count). The first kappa shape index (κ1) is 9.01. The predicted molar refractivity (Wildman–Crippen MR) is 45.8 cm³/mol. The second-order valence-corrected chi connectivity index (χ2v) is 2.36. The van der Waals surface area contributed by atoms with Crippen molar-refractivity contribution in [3.05, 3.63) is 20.9 Å². The molecule has 13 heavy (non-hydrogen) atoms. The minimum Gasteiger partial charge on any atom is -0.347 e. The van der Waals surface area contributed by atoms with Crippen LogP contribution in [0.15, 0.2) is 9.91 Å². The Balaban J connectivity index is 3.26. The Hall–Kier alpha value is -2.08. The highest BCUT2D eigenvalue weighted by atomic mass is 16.1. The van der Waals surface area contributed by atoms with Gasteiger partial charge in [0.05, 0.1) is 0 Å². The molecule has 1 aromatic heterocycles. The van der Waals surface area contributed by atoms with Gasteiger partial charge in [0.2, 0.25) is 11.9 Å². The molecule has 0 spiro atoms. The first-order valence-electron chi connectivity index (χ1n) is 3.34. The first-order chi connectivity index (χ1) is 6.13. The highest BCUT2D eigenvalue weighted by Crippen LogP contribution is 2.04. The van der Waals surface area contributed by atoms with Crippen LogP contribution in [-0.4, -0.2) is 29.0 Å². The Labute approximate surface area is 72.9 Å². The molecule has 0 amide bonds. The summed E-state index contributed by atoms with van der Waals surface area (Å²) in [5.41, 5.74) is 7.51. The fraction of sp³-hybridized carbons (Fsp3) is 0.400. The molecule has 0 aliphatic rings. The number of H-pyrrole nitrogens is 1. The van der Waals surface area contributed by atoms with E-state index in [1.165, 1.54) is 4.90 Å². The highest BCUT2D eigenvalue weighted by molar-refractivity contribution is 5.30. The Kier molecular flexibility index (Phi) is 2.46. The monoisotopic (exact) mass is 181 g/mol. The van der Waals surface area contributed by atoms with Crippen LogP contribution in [0.2, 0.25) is 0 Å². The van der Waals surface area contributed by atoms with Crippen LogP contribution in [0.25, 0.3) is 10.4 Å². The number of azide groups is 1. The third kappa shape index (κ3) is 2.17. The lowest BCUT2D eigenvalue weighted by Gasteiger charge is -2.07. The number of nitrogens with one attached hydrogen (secondary N) is 1. The van der Waals surface area contributed by atoms with Gasteiger partial charge >= 0.3 is 5.69 Å². The van der Waals surface area contributed by atoms with Gasteiger partial charge in [-0.2, -0.15) is 9.97 Å². The summed E-state index contributed by atoms with van der Waals surface area (Å²) in [6.45, 7) is 0. The number of aromatic amines is 1. The summed E-state index contributed by atoms with van der Waals surface area (Å²) in [6.07, 6.45) is 0. The van der Waals surface area contributed by atoms with E-state index in [1.807, 2.05) is 0 Å². The van der Waals surface area contributed by atoms with Gasteiger partial charge in [0.1, 0.15) is 0 Å². The zero-order valence-corrected chi connectivity index (χ0v) is 7.09. The molecule has 1 N–H and O–H groups in total. The lowest BCUT2D eigenvalue weighted by atomic mass is 10.8. The lowest BCUT2D eigenvalue weighted by Crippen LogP contribution is -2.20. The van der Waals surface area contributed by atoms with Crippen molar-refractivity contribution in [2.75, 3.05) is 19.0 Å². The molecular formula is C5H7N7O. The Morgan fingerprint density at radius 2 is 2.23 bits per heavy atom. The number of hydrogen-bond donors (Lipinski definition) is 1. The van der Waals surface area contributed by atoms with Gasteiger partial charge in [-0.1, -0.05) is 0 Å². The molecule has 0 bridgehead atoms. The van der Waals surface area contributed by atoms with E-state index in [4.69, 9.17) is 5.53 Å². The normalized spacial score (nSPS) is 9.08. The summed E-state index contributed by atoms with van der Waals surface area (Å²) in [5, 5.41) is 3.16. The van der Waals surface area contributed by atoms with Crippen LogP contribution in [0.5, 0.6) is 0 Å². The van der Waals surface area contributed by atoms with Crippen molar-refractivity contribution in [1.29, 1.82) is 0 Å². The summed E-state index contributed by atoms with van der Waals surface area (Å²) in [5.74, 6) is 0.109. The second kappa shape index (κ2) is 3.55. The summed E-state index contributed by atoms with van der Waals surface area (Å²) in [7, 11) is 3.35. The topological polar surface area (TPSA) is 111 Å². The van der Waals surface area contributed by atoms with Gasteiger partial charge in [0.25, 0.3) is 0 Å². The maximum absolute atomic E-state index is 10.9. The molecule has 0 radical (unpaired) electrons. The molecular weight excluding hydrogens is 174 g/mol. The molecule has 1 heterocycles. The quantitative estimate of drug-likeness (QED) is 0.398. The third-order valence-electron chi connectivity index (χ3n) is 1.17. The number of hydrogen-bond acceptors (Lipinski definition) is 5.